The molecule has 5 heteroatoms. The van der Waals surface area contributed by atoms with Crippen LogP contribution in [0.3, 0.4) is 0 Å². The Balaban J connectivity index is 2.29. The van der Waals surface area contributed by atoms with Crippen LogP contribution in [-0.2, 0) is 4.79 Å². The normalized spacial score (nSPS) is 26.9. The molecule has 0 spiro atoms. The van der Waals surface area contributed by atoms with Crippen LogP contribution in [0.4, 0.5) is 0 Å². The number of nitrogens with one attached hydrogen (secondary N) is 1. The standard InChI is InChI=1S/C14H28N2O3/c1-2-3-6-10(15)14(19)13(18)9-16-11-7-4-5-8-12(11)17/h10-12,14,16-17,19H,2-9,15H2,1H3/t10-,11-,12-,14-/m0/s1. The van der Waals surface area contributed by atoms with Crippen LogP contribution in [0.15, 0.2) is 0 Å². The van der Waals surface area contributed by atoms with Crippen LogP contribution in [0.1, 0.15) is 51.9 Å². The zero-order chi connectivity index (χ0) is 14.3. The van der Waals surface area contributed by atoms with E-state index in [1.54, 1.807) is 0 Å². The zero-order valence-corrected chi connectivity index (χ0v) is 11.8. The van der Waals surface area contributed by atoms with E-state index in [1.165, 1.54) is 0 Å². The van der Waals surface area contributed by atoms with Crippen molar-refractivity contribution >= 4 is 5.78 Å². The number of nitrogens with two attached hydrogens (primary N) is 1. The van der Waals surface area contributed by atoms with E-state index in [2.05, 4.69) is 5.32 Å². The van der Waals surface area contributed by atoms with Crippen LogP contribution in [0.2, 0.25) is 0 Å². The van der Waals surface area contributed by atoms with Gasteiger partial charge in [-0.25, -0.2) is 0 Å². The second-order valence-electron chi connectivity index (χ2n) is 5.56. The first kappa shape index (κ1) is 16.6. The molecule has 0 aliphatic heterocycles. The van der Waals surface area contributed by atoms with Gasteiger partial charge in [-0.15, -0.1) is 0 Å². The summed E-state index contributed by atoms with van der Waals surface area (Å²) in [5.74, 6) is -0.277. The van der Waals surface area contributed by atoms with Crippen molar-refractivity contribution < 1.29 is 15.0 Å². The summed E-state index contributed by atoms with van der Waals surface area (Å²) in [6.45, 7) is 2.13. The van der Waals surface area contributed by atoms with E-state index in [0.29, 0.717) is 6.42 Å². The van der Waals surface area contributed by atoms with Gasteiger partial charge in [0.25, 0.3) is 0 Å². The topological polar surface area (TPSA) is 95.6 Å². The molecular formula is C14H28N2O3. The number of unbranched alkanes of at least 4 members (excludes halogenated alkanes) is 1. The van der Waals surface area contributed by atoms with E-state index < -0.39 is 12.1 Å². The number of hydrogen-bond donors (Lipinski definition) is 4. The molecule has 1 aliphatic carbocycles. The summed E-state index contributed by atoms with van der Waals surface area (Å²) in [4.78, 5) is 11.8. The summed E-state index contributed by atoms with van der Waals surface area (Å²) >= 11 is 0. The predicted molar refractivity (Wildman–Crippen MR) is 74.8 cm³/mol. The molecule has 0 aromatic rings. The molecule has 0 radical (unpaired) electrons. The molecule has 1 saturated carbocycles. The quantitative estimate of drug-likeness (QED) is 0.510. The minimum absolute atomic E-state index is 0.0308. The summed E-state index contributed by atoms with van der Waals surface area (Å²) in [6.07, 6.45) is 4.87. The average molecular weight is 272 g/mol. The molecule has 0 amide bonds. The maximum atomic E-state index is 11.8. The van der Waals surface area contributed by atoms with E-state index in [0.717, 1.165) is 38.5 Å². The highest BCUT2D eigenvalue weighted by Crippen LogP contribution is 2.18. The molecule has 1 aliphatic rings. The van der Waals surface area contributed by atoms with E-state index >= 15 is 0 Å². The molecule has 4 atom stereocenters. The second kappa shape index (κ2) is 8.64. The van der Waals surface area contributed by atoms with Crippen LogP contribution < -0.4 is 11.1 Å². The Hall–Kier alpha value is -0.490. The van der Waals surface area contributed by atoms with Crippen molar-refractivity contribution in [1.29, 1.82) is 0 Å². The molecule has 19 heavy (non-hydrogen) atoms. The molecule has 1 rings (SSSR count). The maximum absolute atomic E-state index is 11.8. The van der Waals surface area contributed by atoms with E-state index in [9.17, 15) is 15.0 Å². The monoisotopic (exact) mass is 272 g/mol. The van der Waals surface area contributed by atoms with Gasteiger partial charge in [-0.1, -0.05) is 32.6 Å². The first-order chi connectivity index (χ1) is 9.06. The SMILES string of the molecule is CCCC[C@H](N)[C@H](O)C(=O)CN[C@H]1CCCC[C@@H]1O. The second-order valence-corrected chi connectivity index (χ2v) is 5.56. The molecule has 0 saturated heterocycles. The van der Waals surface area contributed by atoms with Crippen molar-refractivity contribution in [3.8, 4) is 0 Å². The fourth-order valence-corrected chi connectivity index (χ4v) is 2.52. The van der Waals surface area contributed by atoms with Gasteiger partial charge < -0.3 is 21.3 Å². The third-order valence-corrected chi connectivity index (χ3v) is 3.89. The Morgan fingerprint density at radius 1 is 1.42 bits per heavy atom. The van der Waals surface area contributed by atoms with Crippen LogP contribution >= 0.6 is 0 Å². The lowest BCUT2D eigenvalue weighted by Crippen LogP contribution is -2.49. The highest BCUT2D eigenvalue weighted by atomic mass is 16.3. The zero-order valence-electron chi connectivity index (χ0n) is 11.8. The van der Waals surface area contributed by atoms with Crippen LogP contribution in [-0.4, -0.2) is 46.8 Å². The summed E-state index contributed by atoms with van der Waals surface area (Å²) in [5, 5.41) is 22.7. The van der Waals surface area contributed by atoms with Crippen molar-refractivity contribution in [2.75, 3.05) is 6.54 Å². The number of hydrogen-bond acceptors (Lipinski definition) is 5. The third kappa shape index (κ3) is 5.57. The highest BCUT2D eigenvalue weighted by molar-refractivity contribution is 5.85. The van der Waals surface area contributed by atoms with Gasteiger partial charge in [0.05, 0.1) is 12.6 Å². The Labute approximate surface area is 115 Å². The molecule has 0 bridgehead atoms. The first-order valence-electron chi connectivity index (χ1n) is 7.44. The van der Waals surface area contributed by atoms with Crippen molar-refractivity contribution in [3.05, 3.63) is 0 Å². The third-order valence-electron chi connectivity index (χ3n) is 3.89. The van der Waals surface area contributed by atoms with Gasteiger partial charge in [-0.3, -0.25) is 4.79 Å². The van der Waals surface area contributed by atoms with Gasteiger partial charge in [0.1, 0.15) is 6.10 Å². The van der Waals surface area contributed by atoms with Crippen molar-refractivity contribution in [3.63, 3.8) is 0 Å². The van der Waals surface area contributed by atoms with Crippen LogP contribution in [0, 0.1) is 0 Å². The Morgan fingerprint density at radius 3 is 2.74 bits per heavy atom. The van der Waals surface area contributed by atoms with Crippen molar-refractivity contribution in [2.45, 2.75) is 76.2 Å². The fraction of sp³-hybridized carbons (Fsp3) is 0.929. The number of Topliss-reactive ketones (excluding diaryl/α,β-unsaturated/α-hetero) is 1. The molecule has 0 heterocycles. The minimum Gasteiger partial charge on any atom is -0.392 e. The smallest absolute Gasteiger partial charge is 0.176 e. The number of aliphatic hydroxyl groups excluding tert-OH is 2. The Morgan fingerprint density at radius 2 is 2.11 bits per heavy atom. The van der Waals surface area contributed by atoms with Gasteiger partial charge in [0.2, 0.25) is 0 Å². The lowest BCUT2D eigenvalue weighted by molar-refractivity contribution is -0.127. The molecular weight excluding hydrogens is 244 g/mol. The predicted octanol–water partition coefficient (Wildman–Crippen LogP) is 0.327. The molecule has 0 unspecified atom stereocenters. The minimum atomic E-state index is -1.10. The molecule has 112 valence electrons. The van der Waals surface area contributed by atoms with Gasteiger partial charge in [0.15, 0.2) is 5.78 Å². The largest absolute Gasteiger partial charge is 0.392 e. The van der Waals surface area contributed by atoms with E-state index in [4.69, 9.17) is 5.73 Å². The average Bonchev–Trinajstić information content (AvgIpc) is 2.42. The molecule has 0 aromatic heterocycles. The van der Waals surface area contributed by atoms with E-state index in [-0.39, 0.29) is 24.5 Å². The lowest BCUT2D eigenvalue weighted by Gasteiger charge is -2.28. The van der Waals surface area contributed by atoms with Gasteiger partial charge in [-0.05, 0) is 19.3 Å². The first-order valence-corrected chi connectivity index (χ1v) is 7.44. The number of rotatable bonds is 8. The van der Waals surface area contributed by atoms with Crippen molar-refractivity contribution in [1.82, 2.24) is 5.32 Å². The van der Waals surface area contributed by atoms with Gasteiger partial charge in [0, 0.05) is 12.1 Å². The number of carbonyl (C=O) groups excluding carboxylic acids is 1. The molecule has 0 aromatic carbocycles. The Bertz CT molecular complexity index is 273. The van der Waals surface area contributed by atoms with Gasteiger partial charge in [-0.2, -0.15) is 0 Å². The highest BCUT2D eigenvalue weighted by Gasteiger charge is 2.26. The summed E-state index contributed by atoms with van der Waals surface area (Å²) < 4.78 is 0. The van der Waals surface area contributed by atoms with Gasteiger partial charge >= 0.3 is 0 Å². The van der Waals surface area contributed by atoms with Crippen molar-refractivity contribution in [2.24, 2.45) is 5.73 Å². The molecule has 5 nitrogen and oxygen atoms in total. The summed E-state index contributed by atoms with van der Waals surface area (Å²) in [7, 11) is 0. The van der Waals surface area contributed by atoms with Crippen LogP contribution in [0.25, 0.3) is 0 Å². The van der Waals surface area contributed by atoms with E-state index in [1.807, 2.05) is 6.92 Å². The lowest BCUT2D eigenvalue weighted by atomic mass is 9.92. The van der Waals surface area contributed by atoms with Crippen LogP contribution in [0.5, 0.6) is 0 Å². The summed E-state index contributed by atoms with van der Waals surface area (Å²) in [6, 6.07) is -0.512. The molecule has 5 N–H and O–H groups in total. The number of ketones is 1. The number of aliphatic hydroxyl groups is 2. The number of carbonyl (C=O) groups is 1. The maximum Gasteiger partial charge on any atom is 0.176 e. The Kier molecular flexibility index (Phi) is 7.53. The molecule has 1 fully saturated rings. The fourth-order valence-electron chi connectivity index (χ4n) is 2.52. The summed E-state index contributed by atoms with van der Waals surface area (Å²) in [5.41, 5.74) is 5.79.